The summed E-state index contributed by atoms with van der Waals surface area (Å²) < 4.78 is 10.9. The van der Waals surface area contributed by atoms with E-state index < -0.39 is 18.0 Å². The molecule has 4 rings (SSSR count). The van der Waals surface area contributed by atoms with Crippen molar-refractivity contribution in [2.24, 2.45) is 0 Å². The van der Waals surface area contributed by atoms with Gasteiger partial charge in [0.05, 0.1) is 24.1 Å². The zero-order valence-corrected chi connectivity index (χ0v) is 17.9. The van der Waals surface area contributed by atoms with Crippen LogP contribution in [0.25, 0.3) is 11.3 Å². The molecule has 2 amide bonds. The first-order valence-corrected chi connectivity index (χ1v) is 10.8. The molecule has 0 radical (unpaired) electrons. The Kier molecular flexibility index (Phi) is 6.13. The number of aryl methyl sites for hydroxylation is 1. The second-order valence-corrected chi connectivity index (χ2v) is 7.81. The number of amides is 2. The van der Waals surface area contributed by atoms with Gasteiger partial charge in [-0.25, -0.2) is 14.6 Å². The van der Waals surface area contributed by atoms with E-state index in [1.54, 1.807) is 32.2 Å². The van der Waals surface area contributed by atoms with Gasteiger partial charge in [-0.05, 0) is 31.5 Å². The van der Waals surface area contributed by atoms with Crippen LogP contribution in [-0.2, 0) is 9.53 Å². The van der Waals surface area contributed by atoms with Crippen molar-refractivity contribution in [3.8, 4) is 11.3 Å². The second-order valence-electron chi connectivity index (χ2n) is 6.85. The Balaban J connectivity index is 1.60. The Morgan fingerprint density at radius 2 is 2.03 bits per heavy atom. The molecule has 3 aromatic rings. The van der Waals surface area contributed by atoms with Crippen molar-refractivity contribution in [2.45, 2.75) is 25.0 Å². The van der Waals surface area contributed by atoms with Gasteiger partial charge in [0.25, 0.3) is 0 Å². The number of urea groups is 1. The molecule has 0 bridgehead atoms. The van der Waals surface area contributed by atoms with E-state index in [0.717, 1.165) is 11.3 Å². The molecule has 0 fully saturated rings. The van der Waals surface area contributed by atoms with Crippen molar-refractivity contribution in [1.29, 1.82) is 0 Å². The van der Waals surface area contributed by atoms with Crippen molar-refractivity contribution < 1.29 is 18.7 Å². The lowest BCUT2D eigenvalue weighted by Gasteiger charge is -2.27. The van der Waals surface area contributed by atoms with Crippen molar-refractivity contribution in [1.82, 2.24) is 20.6 Å². The highest BCUT2D eigenvalue weighted by Crippen LogP contribution is 2.31. The van der Waals surface area contributed by atoms with E-state index in [2.05, 4.69) is 20.6 Å². The minimum absolute atomic E-state index is 0.221. The third-order valence-electron chi connectivity index (χ3n) is 4.69. The number of thioether (sulfide) groups is 1. The molecule has 0 saturated heterocycles. The van der Waals surface area contributed by atoms with E-state index in [9.17, 15) is 9.59 Å². The van der Waals surface area contributed by atoms with Gasteiger partial charge >= 0.3 is 12.0 Å². The maximum Gasteiger partial charge on any atom is 0.338 e. The number of rotatable bonds is 7. The predicted molar refractivity (Wildman–Crippen MR) is 116 cm³/mol. The molecule has 3 heterocycles. The number of nitrogens with zero attached hydrogens (tertiary/aromatic N) is 1. The zero-order valence-electron chi connectivity index (χ0n) is 17.1. The molecule has 8 nitrogen and oxygen atoms in total. The lowest BCUT2D eigenvalue weighted by Crippen LogP contribution is -2.46. The summed E-state index contributed by atoms with van der Waals surface area (Å²) in [6.07, 6.45) is 1.76. The number of hydrogen-bond acceptors (Lipinski definition) is 6. The Morgan fingerprint density at radius 1 is 1.23 bits per heavy atom. The van der Waals surface area contributed by atoms with Crippen LogP contribution in [0.15, 0.2) is 69.5 Å². The summed E-state index contributed by atoms with van der Waals surface area (Å²) in [6.45, 7) is 3.76. The summed E-state index contributed by atoms with van der Waals surface area (Å²) in [4.78, 5) is 32.7. The van der Waals surface area contributed by atoms with E-state index >= 15 is 0 Å². The molecule has 2 aromatic heterocycles. The summed E-state index contributed by atoms with van der Waals surface area (Å²) in [7, 11) is 0. The number of furan rings is 1. The van der Waals surface area contributed by atoms with Crippen molar-refractivity contribution in [3.05, 3.63) is 71.5 Å². The van der Waals surface area contributed by atoms with Crippen molar-refractivity contribution >= 4 is 23.8 Å². The fourth-order valence-electron chi connectivity index (χ4n) is 3.28. The molecule has 31 heavy (non-hydrogen) atoms. The molecule has 1 aliphatic heterocycles. The van der Waals surface area contributed by atoms with Crippen LogP contribution in [0.1, 0.15) is 24.5 Å². The zero-order chi connectivity index (χ0) is 21.8. The lowest BCUT2D eigenvalue weighted by molar-refractivity contribution is -0.139. The van der Waals surface area contributed by atoms with E-state index in [0.29, 0.717) is 33.7 Å². The Hall–Kier alpha value is -3.46. The molecular formula is C22H22N4O4S. The third-order valence-corrected chi connectivity index (χ3v) is 5.60. The fourth-order valence-corrected chi connectivity index (χ4v) is 4.10. The predicted octanol–water partition coefficient (Wildman–Crippen LogP) is 3.94. The molecule has 1 aromatic carbocycles. The van der Waals surface area contributed by atoms with Crippen LogP contribution in [0.3, 0.4) is 0 Å². The number of benzene rings is 1. The number of ether oxygens (including phenoxy) is 1. The number of hydrogen-bond donors (Lipinski definition) is 3. The molecule has 3 N–H and O–H groups in total. The van der Waals surface area contributed by atoms with Crippen LogP contribution in [0, 0.1) is 6.92 Å². The standard InChI is InChI=1S/C22H22N4O4S/c1-3-29-20(27)18-16(24-21(28)26-19(18)17-10-9-13(2)30-17)12-31-22-23-11-15(25-22)14-7-5-4-6-8-14/h4-11,19H,3,12H2,1-2H3,(H,23,25)(H2,24,26,28)/t19-/m0/s1. The number of carbonyl (C=O) groups excluding carboxylic acids is 2. The first-order valence-electron chi connectivity index (χ1n) is 9.82. The SMILES string of the molecule is CCOC(=O)C1=C(CSc2ncc(-c3ccccc3)[nH]2)NC(=O)N[C@H]1c1ccc(C)o1. The number of aromatic amines is 1. The van der Waals surface area contributed by atoms with Gasteiger partial charge in [0.2, 0.25) is 0 Å². The first kappa shape index (κ1) is 20.8. The van der Waals surface area contributed by atoms with E-state index in [-0.39, 0.29) is 6.61 Å². The first-order chi connectivity index (χ1) is 15.0. The molecule has 0 spiro atoms. The van der Waals surface area contributed by atoms with Gasteiger partial charge < -0.3 is 24.8 Å². The Bertz CT molecular complexity index is 1120. The fraction of sp³-hybridized carbons (Fsp3) is 0.227. The summed E-state index contributed by atoms with van der Waals surface area (Å²) in [6, 6.07) is 12.2. The maximum absolute atomic E-state index is 12.8. The number of nitrogens with one attached hydrogen (secondary N) is 3. The average Bonchev–Trinajstić information content (AvgIpc) is 3.42. The second kappa shape index (κ2) is 9.13. The van der Waals surface area contributed by atoms with Gasteiger partial charge in [0.1, 0.15) is 17.6 Å². The molecule has 0 unspecified atom stereocenters. The molecule has 160 valence electrons. The van der Waals surface area contributed by atoms with Crippen molar-refractivity contribution in [3.63, 3.8) is 0 Å². The smallest absolute Gasteiger partial charge is 0.338 e. The Labute approximate surface area is 183 Å². The number of esters is 1. The van der Waals surface area contributed by atoms with Crippen LogP contribution >= 0.6 is 11.8 Å². The maximum atomic E-state index is 12.8. The van der Waals surface area contributed by atoms with E-state index in [4.69, 9.17) is 9.15 Å². The number of carbonyl (C=O) groups is 2. The van der Waals surface area contributed by atoms with Crippen LogP contribution in [-0.4, -0.2) is 34.3 Å². The van der Waals surface area contributed by atoms with Crippen LogP contribution in [0.5, 0.6) is 0 Å². The highest BCUT2D eigenvalue weighted by Gasteiger charge is 2.35. The van der Waals surface area contributed by atoms with E-state index in [1.165, 1.54) is 11.8 Å². The number of imidazole rings is 1. The summed E-state index contributed by atoms with van der Waals surface area (Å²) >= 11 is 1.38. The molecule has 0 saturated carbocycles. The van der Waals surface area contributed by atoms with Gasteiger partial charge in [-0.3, -0.25) is 0 Å². The van der Waals surface area contributed by atoms with Gasteiger partial charge in [-0.2, -0.15) is 0 Å². The summed E-state index contributed by atoms with van der Waals surface area (Å²) in [5.41, 5.74) is 2.69. The van der Waals surface area contributed by atoms with Crippen LogP contribution < -0.4 is 10.6 Å². The average molecular weight is 439 g/mol. The summed E-state index contributed by atoms with van der Waals surface area (Å²) in [5, 5.41) is 6.17. The molecule has 1 aliphatic rings. The molecule has 1 atom stereocenters. The number of aromatic nitrogens is 2. The normalized spacial score (nSPS) is 16.1. The van der Waals surface area contributed by atoms with E-state index in [1.807, 2.05) is 30.3 Å². The quantitative estimate of drug-likeness (QED) is 0.381. The monoisotopic (exact) mass is 438 g/mol. The van der Waals surface area contributed by atoms with Gasteiger partial charge in [0.15, 0.2) is 5.16 Å². The minimum Gasteiger partial charge on any atom is -0.464 e. The molecule has 9 heteroatoms. The summed E-state index contributed by atoms with van der Waals surface area (Å²) in [5.74, 6) is 0.974. The lowest BCUT2D eigenvalue weighted by atomic mass is 10.0. The molecule has 0 aliphatic carbocycles. The van der Waals surface area contributed by atoms with Crippen LogP contribution in [0.2, 0.25) is 0 Å². The van der Waals surface area contributed by atoms with Gasteiger partial charge in [-0.15, -0.1) is 0 Å². The highest BCUT2D eigenvalue weighted by atomic mass is 32.2. The topological polar surface area (TPSA) is 109 Å². The Morgan fingerprint density at radius 3 is 2.74 bits per heavy atom. The molecular weight excluding hydrogens is 416 g/mol. The largest absolute Gasteiger partial charge is 0.464 e. The van der Waals surface area contributed by atoms with Crippen LogP contribution in [0.4, 0.5) is 4.79 Å². The minimum atomic E-state index is -0.728. The third kappa shape index (κ3) is 4.66. The number of H-pyrrole nitrogens is 1. The highest BCUT2D eigenvalue weighted by molar-refractivity contribution is 7.99. The van der Waals surface area contributed by atoms with Crippen molar-refractivity contribution in [2.75, 3.05) is 12.4 Å². The van der Waals surface area contributed by atoms with Gasteiger partial charge in [-0.1, -0.05) is 42.1 Å². The van der Waals surface area contributed by atoms with Gasteiger partial charge in [0, 0.05) is 11.4 Å².